The topological polar surface area (TPSA) is 53.1 Å². The molecule has 0 aliphatic heterocycles. The Hall–Kier alpha value is -1.33. The molecule has 1 aromatic heterocycles. The van der Waals surface area contributed by atoms with Crippen LogP contribution in [0.4, 0.5) is 0 Å². The van der Waals surface area contributed by atoms with Crippen LogP contribution >= 0.6 is 15.9 Å². The van der Waals surface area contributed by atoms with Crippen molar-refractivity contribution >= 4 is 15.9 Å². The number of aromatic nitrogens is 2. The number of nitrogens with zero attached hydrogens (tertiary/aromatic N) is 2. The van der Waals surface area contributed by atoms with E-state index < -0.39 is 0 Å². The average Bonchev–Trinajstić information content (AvgIpc) is 2.86. The van der Waals surface area contributed by atoms with Crippen molar-refractivity contribution in [3.63, 3.8) is 0 Å². The van der Waals surface area contributed by atoms with Crippen molar-refractivity contribution in [1.29, 1.82) is 0 Å². The van der Waals surface area contributed by atoms with E-state index in [9.17, 15) is 0 Å². The molecule has 0 fully saturated rings. The van der Waals surface area contributed by atoms with Crippen molar-refractivity contribution in [3.05, 3.63) is 46.5 Å². The number of benzene rings is 1. The van der Waals surface area contributed by atoms with Gasteiger partial charge >= 0.3 is 0 Å². The van der Waals surface area contributed by atoms with Gasteiger partial charge in [-0.15, -0.1) is 0 Å². The molecule has 0 bridgehead atoms. The first-order valence-electron chi connectivity index (χ1n) is 6.72. The molecule has 0 saturated carbocycles. The molecular formula is C15H20BrN3O. The molecule has 0 saturated heterocycles. The lowest BCUT2D eigenvalue weighted by atomic mass is 10.1. The van der Waals surface area contributed by atoms with Crippen molar-refractivity contribution in [2.24, 2.45) is 5.73 Å². The number of methoxy groups -OCH3 is 1. The normalized spacial score (nSPS) is 12.4. The lowest BCUT2D eigenvalue weighted by Gasteiger charge is -2.12. The maximum absolute atomic E-state index is 6.01. The predicted octanol–water partition coefficient (Wildman–Crippen LogP) is 2.98. The van der Waals surface area contributed by atoms with E-state index in [0.29, 0.717) is 0 Å². The molecule has 2 aromatic rings. The quantitative estimate of drug-likeness (QED) is 0.881. The van der Waals surface area contributed by atoms with Crippen LogP contribution in [0.15, 0.2) is 35.1 Å². The Bertz CT molecular complexity index is 568. The fraction of sp³-hybridized carbons (Fsp3) is 0.400. The number of rotatable bonds is 6. The van der Waals surface area contributed by atoms with Gasteiger partial charge in [0, 0.05) is 31.4 Å². The van der Waals surface area contributed by atoms with E-state index in [1.807, 2.05) is 18.5 Å². The van der Waals surface area contributed by atoms with Gasteiger partial charge in [-0.1, -0.05) is 13.0 Å². The first-order valence-corrected chi connectivity index (χ1v) is 7.51. The van der Waals surface area contributed by atoms with Crippen LogP contribution in [0, 0.1) is 0 Å². The van der Waals surface area contributed by atoms with Crippen LogP contribution in [0.25, 0.3) is 0 Å². The van der Waals surface area contributed by atoms with Crippen LogP contribution in [0.1, 0.15) is 24.7 Å². The van der Waals surface area contributed by atoms with Crippen LogP contribution in [0.2, 0.25) is 0 Å². The molecule has 1 heterocycles. The van der Waals surface area contributed by atoms with Crippen LogP contribution in [-0.2, 0) is 13.0 Å². The van der Waals surface area contributed by atoms with Gasteiger partial charge in [0.1, 0.15) is 11.6 Å². The van der Waals surface area contributed by atoms with Crippen LogP contribution in [0.5, 0.6) is 5.75 Å². The minimum Gasteiger partial charge on any atom is -0.496 e. The average molecular weight is 338 g/mol. The minimum absolute atomic E-state index is 0.166. The number of ether oxygens (including phenoxy) is 1. The summed E-state index contributed by atoms with van der Waals surface area (Å²) in [4.78, 5) is 4.40. The molecule has 1 aromatic carbocycles. The van der Waals surface area contributed by atoms with Crippen molar-refractivity contribution < 1.29 is 4.74 Å². The summed E-state index contributed by atoms with van der Waals surface area (Å²) in [6.07, 6.45) is 5.59. The van der Waals surface area contributed by atoms with E-state index >= 15 is 0 Å². The summed E-state index contributed by atoms with van der Waals surface area (Å²) in [5.74, 6) is 1.87. The van der Waals surface area contributed by atoms with E-state index in [-0.39, 0.29) is 6.04 Å². The fourth-order valence-corrected chi connectivity index (χ4v) is 2.65. The lowest BCUT2D eigenvalue weighted by Crippen LogP contribution is -2.23. The summed E-state index contributed by atoms with van der Waals surface area (Å²) in [6.45, 7) is 2.88. The van der Waals surface area contributed by atoms with Gasteiger partial charge < -0.3 is 15.0 Å². The standard InChI is InChI=1S/C15H20BrN3O/c1-3-12(17)9-15-18-6-7-19(15)10-11-4-5-14(20-2)13(16)8-11/h4-8,12H,3,9-10,17H2,1-2H3. The van der Waals surface area contributed by atoms with Gasteiger partial charge in [0.15, 0.2) is 0 Å². The summed E-state index contributed by atoms with van der Waals surface area (Å²) < 4.78 is 8.35. The molecule has 0 aliphatic carbocycles. The molecule has 0 aliphatic rings. The highest BCUT2D eigenvalue weighted by molar-refractivity contribution is 9.10. The SMILES string of the molecule is CCC(N)Cc1nccn1Cc1ccc(OC)c(Br)c1. The highest BCUT2D eigenvalue weighted by Crippen LogP contribution is 2.26. The smallest absolute Gasteiger partial charge is 0.133 e. The molecule has 2 N–H and O–H groups in total. The molecule has 20 heavy (non-hydrogen) atoms. The Balaban J connectivity index is 2.14. The Labute approximate surface area is 128 Å². The first-order chi connectivity index (χ1) is 9.63. The van der Waals surface area contributed by atoms with Gasteiger partial charge in [0.2, 0.25) is 0 Å². The van der Waals surface area contributed by atoms with Crippen LogP contribution in [-0.4, -0.2) is 22.7 Å². The maximum atomic E-state index is 6.01. The van der Waals surface area contributed by atoms with Crippen molar-refractivity contribution in [2.75, 3.05) is 7.11 Å². The van der Waals surface area contributed by atoms with Gasteiger partial charge in [-0.3, -0.25) is 0 Å². The second kappa shape index (κ2) is 6.90. The van der Waals surface area contributed by atoms with Gasteiger partial charge in [-0.2, -0.15) is 0 Å². The van der Waals surface area contributed by atoms with Gasteiger partial charge in [0.25, 0.3) is 0 Å². The van der Waals surface area contributed by atoms with Gasteiger partial charge in [-0.25, -0.2) is 4.98 Å². The Morgan fingerprint density at radius 3 is 2.90 bits per heavy atom. The third-order valence-corrected chi connectivity index (χ3v) is 3.96. The monoisotopic (exact) mass is 337 g/mol. The van der Waals surface area contributed by atoms with Crippen molar-refractivity contribution in [2.45, 2.75) is 32.4 Å². The van der Waals surface area contributed by atoms with E-state index in [4.69, 9.17) is 10.5 Å². The van der Waals surface area contributed by atoms with E-state index in [2.05, 4.69) is 44.5 Å². The predicted molar refractivity (Wildman–Crippen MR) is 84.0 cm³/mol. The molecule has 0 amide bonds. The largest absolute Gasteiger partial charge is 0.496 e. The second-order valence-electron chi connectivity index (χ2n) is 4.81. The zero-order chi connectivity index (χ0) is 14.5. The molecule has 5 heteroatoms. The molecule has 4 nitrogen and oxygen atoms in total. The number of hydrogen-bond donors (Lipinski definition) is 1. The van der Waals surface area contributed by atoms with Crippen LogP contribution in [0.3, 0.4) is 0 Å². The first kappa shape index (κ1) is 15.1. The number of hydrogen-bond acceptors (Lipinski definition) is 3. The third-order valence-electron chi connectivity index (χ3n) is 3.34. The van der Waals surface area contributed by atoms with E-state index in [0.717, 1.165) is 35.4 Å². The van der Waals surface area contributed by atoms with E-state index in [1.165, 1.54) is 5.56 Å². The summed E-state index contributed by atoms with van der Waals surface area (Å²) in [5.41, 5.74) is 7.21. The highest BCUT2D eigenvalue weighted by Gasteiger charge is 2.09. The molecule has 1 unspecified atom stereocenters. The summed E-state index contributed by atoms with van der Waals surface area (Å²) >= 11 is 3.51. The fourth-order valence-electron chi connectivity index (χ4n) is 2.06. The summed E-state index contributed by atoms with van der Waals surface area (Å²) in [5, 5.41) is 0. The number of halogens is 1. The molecule has 2 rings (SSSR count). The summed E-state index contributed by atoms with van der Waals surface area (Å²) in [6, 6.07) is 6.27. The van der Waals surface area contributed by atoms with Crippen molar-refractivity contribution in [3.8, 4) is 5.75 Å². The van der Waals surface area contributed by atoms with Gasteiger partial charge in [-0.05, 0) is 40.0 Å². The zero-order valence-electron chi connectivity index (χ0n) is 11.8. The van der Waals surface area contributed by atoms with Gasteiger partial charge in [0.05, 0.1) is 11.6 Å². The maximum Gasteiger partial charge on any atom is 0.133 e. The molecular weight excluding hydrogens is 318 g/mol. The molecule has 108 valence electrons. The van der Waals surface area contributed by atoms with Crippen molar-refractivity contribution in [1.82, 2.24) is 9.55 Å². The van der Waals surface area contributed by atoms with E-state index in [1.54, 1.807) is 7.11 Å². The Morgan fingerprint density at radius 1 is 1.45 bits per heavy atom. The molecule has 1 atom stereocenters. The highest BCUT2D eigenvalue weighted by atomic mass is 79.9. The Kier molecular flexibility index (Phi) is 5.20. The molecule has 0 radical (unpaired) electrons. The zero-order valence-corrected chi connectivity index (χ0v) is 13.4. The Morgan fingerprint density at radius 2 is 2.25 bits per heavy atom. The number of nitrogens with two attached hydrogens (primary N) is 1. The summed E-state index contributed by atoms with van der Waals surface area (Å²) in [7, 11) is 1.67. The lowest BCUT2D eigenvalue weighted by molar-refractivity contribution is 0.412. The second-order valence-corrected chi connectivity index (χ2v) is 5.67. The molecule has 0 spiro atoms. The third kappa shape index (κ3) is 3.61. The number of imidazole rings is 1. The minimum atomic E-state index is 0.166. The van der Waals surface area contributed by atoms with Crippen LogP contribution < -0.4 is 10.5 Å².